The lowest BCUT2D eigenvalue weighted by atomic mass is 9.83. The number of hydrogen-bond donors (Lipinski definition) is 3. The highest BCUT2D eigenvalue weighted by atomic mass is 19.4. The van der Waals surface area contributed by atoms with Crippen LogP contribution in [0.15, 0.2) is 42.0 Å². The van der Waals surface area contributed by atoms with Crippen molar-refractivity contribution in [1.82, 2.24) is 10.2 Å². The molecule has 2 bridgehead atoms. The van der Waals surface area contributed by atoms with Crippen molar-refractivity contribution < 1.29 is 37.0 Å². The van der Waals surface area contributed by atoms with E-state index in [-0.39, 0.29) is 17.5 Å². The number of alkyl halides is 3. The Hall–Kier alpha value is -3.44. The normalized spacial score (nSPS) is 25.7. The number of benzene rings is 2. The van der Waals surface area contributed by atoms with Gasteiger partial charge in [0.25, 0.3) is 5.91 Å². The first kappa shape index (κ1) is 31.5. The molecule has 1 heterocycles. The Bertz CT molecular complexity index is 1530. The summed E-state index contributed by atoms with van der Waals surface area (Å²) >= 11 is 0. The standard InChI is InChI=1S/C34H39F4N3O4/c1-33(2,44)17-41-11-10-19-14-28(45-3)25(13-20(19)16-41)31(42)40-30-23-8-7-22(24(23)12-18-4-5-18)29(30)32(43)39-21-6-9-27(35)26(15-21)34(36,37)38/h6,9,12-15,18,22-23,29-30,44H,4-5,7-8,10-11,16-17H2,1-3H3,(H,39,43)(H,40,42)/b24-12-/t22-,23+,29-,30+/m0/s1. The third kappa shape index (κ3) is 6.60. The summed E-state index contributed by atoms with van der Waals surface area (Å²) in [5.74, 6) is -2.37. The van der Waals surface area contributed by atoms with Gasteiger partial charge in [0.2, 0.25) is 5.91 Å². The summed E-state index contributed by atoms with van der Waals surface area (Å²) in [5, 5.41) is 16.0. The average molecular weight is 630 g/mol. The number of aliphatic hydroxyl groups is 1. The van der Waals surface area contributed by atoms with E-state index in [1.165, 1.54) is 7.11 Å². The molecule has 2 aromatic carbocycles. The van der Waals surface area contributed by atoms with Crippen LogP contribution in [0.5, 0.6) is 5.75 Å². The molecule has 45 heavy (non-hydrogen) atoms. The van der Waals surface area contributed by atoms with Crippen LogP contribution in [0, 0.1) is 29.5 Å². The van der Waals surface area contributed by atoms with Crippen molar-refractivity contribution in [1.29, 1.82) is 0 Å². The van der Waals surface area contributed by atoms with Crippen LogP contribution in [0.2, 0.25) is 0 Å². The molecule has 4 atom stereocenters. The second-order valence-electron chi connectivity index (χ2n) is 13.6. The van der Waals surface area contributed by atoms with E-state index in [0.29, 0.717) is 42.5 Å². The van der Waals surface area contributed by atoms with Gasteiger partial charge in [-0.05, 0) is 99.2 Å². The molecule has 0 spiro atoms. The summed E-state index contributed by atoms with van der Waals surface area (Å²) in [5.41, 5.74) is 1.04. The third-order valence-corrected chi connectivity index (χ3v) is 9.56. The highest BCUT2D eigenvalue weighted by Gasteiger charge is 2.55. The van der Waals surface area contributed by atoms with Crippen LogP contribution in [0.4, 0.5) is 23.2 Å². The minimum Gasteiger partial charge on any atom is -0.496 e. The molecule has 3 aliphatic carbocycles. The molecular weight excluding hydrogens is 590 g/mol. The number of β-amino-alcohol motifs (C(OH)–C–C–N with tert-alkyl or cyclic N) is 1. The van der Waals surface area contributed by atoms with Crippen molar-refractivity contribution in [3.8, 4) is 5.75 Å². The van der Waals surface area contributed by atoms with Crippen molar-refractivity contribution >= 4 is 17.5 Å². The molecule has 0 aromatic heterocycles. The van der Waals surface area contributed by atoms with Crippen LogP contribution >= 0.6 is 0 Å². The maximum atomic E-state index is 14.0. The van der Waals surface area contributed by atoms with Crippen LogP contribution in [-0.4, -0.2) is 53.7 Å². The highest BCUT2D eigenvalue weighted by molar-refractivity contribution is 5.99. The maximum absolute atomic E-state index is 14.0. The molecule has 0 saturated heterocycles. The zero-order valence-electron chi connectivity index (χ0n) is 25.6. The van der Waals surface area contributed by atoms with Gasteiger partial charge < -0.3 is 20.5 Å². The van der Waals surface area contributed by atoms with Crippen LogP contribution in [-0.2, 0) is 23.9 Å². The van der Waals surface area contributed by atoms with Crippen molar-refractivity contribution in [2.45, 2.75) is 70.3 Å². The van der Waals surface area contributed by atoms with Crippen LogP contribution in [0.25, 0.3) is 0 Å². The lowest BCUT2D eigenvalue weighted by Crippen LogP contribution is -2.48. The summed E-state index contributed by atoms with van der Waals surface area (Å²) in [7, 11) is 1.50. The van der Waals surface area contributed by atoms with Crippen LogP contribution in [0.3, 0.4) is 0 Å². The molecule has 0 unspecified atom stereocenters. The van der Waals surface area contributed by atoms with Crippen LogP contribution in [0.1, 0.15) is 66.6 Å². The smallest absolute Gasteiger partial charge is 0.419 e. The maximum Gasteiger partial charge on any atom is 0.419 e. The Labute approximate surface area is 260 Å². The van der Waals surface area contributed by atoms with E-state index in [1.54, 1.807) is 13.8 Å². The van der Waals surface area contributed by atoms with E-state index in [9.17, 15) is 32.3 Å². The molecule has 6 rings (SSSR count). The third-order valence-electron chi connectivity index (χ3n) is 9.56. The molecule has 242 valence electrons. The molecule has 3 saturated carbocycles. The first-order valence-corrected chi connectivity index (χ1v) is 15.6. The van der Waals surface area contributed by atoms with Gasteiger partial charge in [0.1, 0.15) is 11.6 Å². The van der Waals surface area contributed by atoms with E-state index >= 15 is 0 Å². The number of carbonyl (C=O) groups is 2. The van der Waals surface area contributed by atoms with Gasteiger partial charge in [0.05, 0.1) is 29.8 Å². The summed E-state index contributed by atoms with van der Waals surface area (Å²) in [6.07, 6.45) is 1.74. The number of methoxy groups -OCH3 is 1. The number of amides is 2. The number of halogens is 4. The lowest BCUT2D eigenvalue weighted by Gasteiger charge is -2.34. The van der Waals surface area contributed by atoms with E-state index in [4.69, 9.17) is 4.74 Å². The van der Waals surface area contributed by atoms with Crippen LogP contribution < -0.4 is 15.4 Å². The van der Waals surface area contributed by atoms with Crippen molar-refractivity contribution in [2.24, 2.45) is 23.7 Å². The lowest BCUT2D eigenvalue weighted by molar-refractivity contribution is -0.140. The monoisotopic (exact) mass is 629 g/mol. The zero-order chi connectivity index (χ0) is 32.3. The Morgan fingerprint density at radius 2 is 1.80 bits per heavy atom. The molecular formula is C34H39F4N3O4. The predicted molar refractivity (Wildman–Crippen MR) is 160 cm³/mol. The fourth-order valence-electron chi connectivity index (χ4n) is 7.51. The van der Waals surface area contributed by atoms with Gasteiger partial charge in [-0.15, -0.1) is 0 Å². The van der Waals surface area contributed by atoms with Crippen molar-refractivity contribution in [2.75, 3.05) is 25.5 Å². The number of nitrogens with zero attached hydrogens (tertiary/aromatic N) is 1. The van der Waals surface area contributed by atoms with Gasteiger partial charge in [-0.25, -0.2) is 4.39 Å². The molecule has 11 heteroatoms. The van der Waals surface area contributed by atoms with E-state index < -0.39 is 46.9 Å². The Balaban J connectivity index is 1.27. The SMILES string of the molecule is COc1cc2c(cc1C(=O)N[C@H]1[C@@H](C(=O)Nc3ccc(F)c(C(F)(F)F)c3)[C@H]3CC[C@@H]1/C3=C\C1CC1)CN(CC(C)(C)O)CC2. The Morgan fingerprint density at radius 1 is 1.07 bits per heavy atom. The van der Waals surface area contributed by atoms with Gasteiger partial charge >= 0.3 is 6.18 Å². The summed E-state index contributed by atoms with van der Waals surface area (Å²) in [4.78, 5) is 29.9. The number of hydrogen-bond acceptors (Lipinski definition) is 5. The summed E-state index contributed by atoms with van der Waals surface area (Å²) in [6.45, 7) is 5.33. The topological polar surface area (TPSA) is 90.9 Å². The van der Waals surface area contributed by atoms with E-state index in [0.717, 1.165) is 61.4 Å². The largest absolute Gasteiger partial charge is 0.496 e. The number of ether oxygens (including phenoxy) is 1. The molecule has 3 N–H and O–H groups in total. The quantitative estimate of drug-likeness (QED) is 0.257. The number of nitrogens with one attached hydrogen (secondary N) is 2. The number of anilines is 1. The van der Waals surface area contributed by atoms with Gasteiger partial charge in [0, 0.05) is 37.3 Å². The average Bonchev–Trinajstić information content (AvgIpc) is 3.64. The molecule has 3 fully saturated rings. The molecule has 7 nitrogen and oxygen atoms in total. The number of carbonyl (C=O) groups excluding carboxylic acids is 2. The van der Waals surface area contributed by atoms with Gasteiger partial charge in [-0.2, -0.15) is 13.2 Å². The summed E-state index contributed by atoms with van der Waals surface area (Å²) in [6, 6.07) is 5.54. The molecule has 2 amide bonds. The minimum atomic E-state index is -4.91. The predicted octanol–water partition coefficient (Wildman–Crippen LogP) is 5.71. The highest BCUT2D eigenvalue weighted by Crippen LogP contribution is 2.54. The molecule has 0 radical (unpaired) electrons. The zero-order valence-corrected chi connectivity index (χ0v) is 25.6. The summed E-state index contributed by atoms with van der Waals surface area (Å²) < 4.78 is 59.6. The molecule has 1 aliphatic heterocycles. The van der Waals surface area contributed by atoms with Gasteiger partial charge in [-0.3, -0.25) is 14.5 Å². The van der Waals surface area contributed by atoms with Gasteiger partial charge in [0.15, 0.2) is 0 Å². The molecule has 2 aromatic rings. The number of fused-ring (bicyclic) bond motifs is 3. The molecule has 4 aliphatic rings. The van der Waals surface area contributed by atoms with Crippen molar-refractivity contribution in [3.63, 3.8) is 0 Å². The van der Waals surface area contributed by atoms with Gasteiger partial charge in [-0.1, -0.05) is 11.6 Å². The number of allylic oxidation sites excluding steroid dienone is 1. The van der Waals surface area contributed by atoms with Crippen molar-refractivity contribution in [3.05, 3.63) is 70.1 Å². The fourth-order valence-corrected chi connectivity index (χ4v) is 7.51. The minimum absolute atomic E-state index is 0.0693. The second-order valence-corrected chi connectivity index (χ2v) is 13.6. The first-order valence-electron chi connectivity index (χ1n) is 15.6. The number of rotatable bonds is 8. The second kappa shape index (κ2) is 11.7. The Kier molecular flexibility index (Phi) is 8.22. The van der Waals surface area contributed by atoms with E-state index in [1.807, 2.05) is 12.1 Å². The van der Waals surface area contributed by atoms with E-state index in [2.05, 4.69) is 21.6 Å². The first-order chi connectivity index (χ1) is 21.2. The Morgan fingerprint density at radius 3 is 2.47 bits per heavy atom. The fraction of sp³-hybridized carbons (Fsp3) is 0.529.